The Morgan fingerprint density at radius 2 is 2.09 bits per heavy atom. The third kappa shape index (κ3) is 3.95. The Morgan fingerprint density at radius 3 is 2.68 bits per heavy atom. The van der Waals surface area contributed by atoms with Gasteiger partial charge in [0, 0.05) is 16.3 Å². The molecule has 1 aliphatic heterocycles. The number of thioether (sulfide) groups is 1. The molecule has 1 heterocycles. The molecule has 0 saturated carbocycles. The maximum Gasteiger partial charge on any atom is 0.244 e. The van der Waals surface area contributed by atoms with E-state index in [4.69, 9.17) is 11.6 Å². The van der Waals surface area contributed by atoms with Crippen LogP contribution in [0.4, 0.5) is 0 Å². The molecule has 1 aliphatic rings. The van der Waals surface area contributed by atoms with Gasteiger partial charge in [-0.15, -0.1) is 11.8 Å². The van der Waals surface area contributed by atoms with Gasteiger partial charge in [-0.3, -0.25) is 4.79 Å². The summed E-state index contributed by atoms with van der Waals surface area (Å²) in [5.74, 6) is 0.432. The predicted octanol–water partition coefficient (Wildman–Crippen LogP) is 2.32. The van der Waals surface area contributed by atoms with Crippen molar-refractivity contribution in [3.63, 3.8) is 0 Å². The van der Waals surface area contributed by atoms with Gasteiger partial charge in [-0.2, -0.15) is 4.31 Å². The number of hydrogen-bond acceptors (Lipinski definition) is 4. The van der Waals surface area contributed by atoms with Gasteiger partial charge in [0.05, 0.1) is 10.8 Å². The maximum absolute atomic E-state index is 12.7. The molecule has 0 aromatic heterocycles. The van der Waals surface area contributed by atoms with Crippen molar-refractivity contribution in [3.05, 3.63) is 29.3 Å². The summed E-state index contributed by atoms with van der Waals surface area (Å²) in [5.41, 5.74) is -0.407. The first-order chi connectivity index (χ1) is 10.1. The van der Waals surface area contributed by atoms with Gasteiger partial charge in [-0.1, -0.05) is 17.7 Å². The van der Waals surface area contributed by atoms with Gasteiger partial charge in [-0.05, 0) is 39.0 Å². The Bertz CT molecular complexity index is 671. The fourth-order valence-corrected chi connectivity index (χ4v) is 5.54. The van der Waals surface area contributed by atoms with Crippen LogP contribution in [0.1, 0.15) is 20.8 Å². The molecule has 1 saturated heterocycles. The second-order valence-electron chi connectivity index (χ2n) is 6.10. The van der Waals surface area contributed by atoms with E-state index in [-0.39, 0.29) is 16.7 Å². The van der Waals surface area contributed by atoms with Gasteiger partial charge in [0.1, 0.15) is 6.04 Å². The van der Waals surface area contributed by atoms with Crippen LogP contribution in [0, 0.1) is 0 Å². The number of amides is 1. The van der Waals surface area contributed by atoms with Crippen LogP contribution in [0.3, 0.4) is 0 Å². The smallest absolute Gasteiger partial charge is 0.244 e. The lowest BCUT2D eigenvalue weighted by atomic mass is 10.1. The second-order valence-corrected chi connectivity index (χ2v) is 9.43. The number of sulfonamides is 1. The minimum Gasteiger partial charge on any atom is -0.350 e. The van der Waals surface area contributed by atoms with Gasteiger partial charge < -0.3 is 5.32 Å². The summed E-state index contributed by atoms with van der Waals surface area (Å²) in [7, 11) is -3.74. The molecule has 1 amide bonds. The second kappa shape index (κ2) is 6.39. The molecule has 1 aromatic carbocycles. The van der Waals surface area contributed by atoms with E-state index in [1.165, 1.54) is 28.2 Å². The molecular formula is C14H19ClN2O3S2. The summed E-state index contributed by atoms with van der Waals surface area (Å²) in [6.07, 6.45) is 0. The minimum absolute atomic E-state index is 0.107. The third-order valence-electron chi connectivity index (χ3n) is 3.05. The largest absolute Gasteiger partial charge is 0.350 e. The summed E-state index contributed by atoms with van der Waals surface area (Å²) >= 11 is 7.30. The van der Waals surface area contributed by atoms with Crippen molar-refractivity contribution in [2.45, 2.75) is 37.2 Å². The number of halogens is 1. The lowest BCUT2D eigenvalue weighted by molar-refractivity contribution is -0.125. The van der Waals surface area contributed by atoms with E-state index in [9.17, 15) is 13.2 Å². The SMILES string of the molecule is CC(C)(C)NC(=O)C1CSCN1S(=O)(=O)c1cccc(Cl)c1. The average Bonchev–Trinajstić information content (AvgIpc) is 2.86. The molecule has 22 heavy (non-hydrogen) atoms. The zero-order chi connectivity index (χ0) is 16.5. The molecule has 0 spiro atoms. The first-order valence-corrected chi connectivity index (χ1v) is 9.76. The van der Waals surface area contributed by atoms with Crippen LogP contribution in [0.2, 0.25) is 5.02 Å². The fourth-order valence-electron chi connectivity index (χ4n) is 2.09. The number of carbonyl (C=O) groups excluding carboxylic acids is 1. The van der Waals surface area contributed by atoms with Crippen molar-refractivity contribution in [2.24, 2.45) is 0 Å². The normalized spacial score (nSPS) is 20.1. The van der Waals surface area contributed by atoms with Crippen LogP contribution in [0.25, 0.3) is 0 Å². The highest BCUT2D eigenvalue weighted by Gasteiger charge is 2.40. The summed E-state index contributed by atoms with van der Waals surface area (Å²) < 4.78 is 26.7. The summed E-state index contributed by atoms with van der Waals surface area (Å²) in [4.78, 5) is 12.5. The zero-order valence-electron chi connectivity index (χ0n) is 12.7. The lowest BCUT2D eigenvalue weighted by Gasteiger charge is -2.27. The van der Waals surface area contributed by atoms with E-state index in [1.807, 2.05) is 20.8 Å². The monoisotopic (exact) mass is 362 g/mol. The molecule has 2 rings (SSSR count). The topological polar surface area (TPSA) is 66.5 Å². The van der Waals surface area contributed by atoms with Crippen molar-refractivity contribution in [1.29, 1.82) is 0 Å². The molecule has 1 fully saturated rings. The number of nitrogens with one attached hydrogen (secondary N) is 1. The molecule has 8 heteroatoms. The number of carbonyl (C=O) groups is 1. The van der Waals surface area contributed by atoms with E-state index < -0.39 is 21.6 Å². The van der Waals surface area contributed by atoms with E-state index >= 15 is 0 Å². The molecule has 0 bridgehead atoms. The van der Waals surface area contributed by atoms with Crippen molar-refractivity contribution >= 4 is 39.3 Å². The highest BCUT2D eigenvalue weighted by Crippen LogP contribution is 2.29. The molecule has 1 N–H and O–H groups in total. The van der Waals surface area contributed by atoms with E-state index in [0.717, 1.165) is 0 Å². The molecular weight excluding hydrogens is 344 g/mol. The number of benzene rings is 1. The minimum atomic E-state index is -3.74. The fraction of sp³-hybridized carbons (Fsp3) is 0.500. The van der Waals surface area contributed by atoms with Gasteiger partial charge >= 0.3 is 0 Å². The Kier molecular flexibility index (Phi) is 5.11. The quantitative estimate of drug-likeness (QED) is 0.896. The molecule has 0 radical (unpaired) electrons. The van der Waals surface area contributed by atoms with Crippen molar-refractivity contribution < 1.29 is 13.2 Å². The average molecular weight is 363 g/mol. The van der Waals surface area contributed by atoms with Gasteiger partial charge in [0.25, 0.3) is 0 Å². The van der Waals surface area contributed by atoms with E-state index in [1.54, 1.807) is 12.1 Å². The highest BCUT2D eigenvalue weighted by atomic mass is 35.5. The number of rotatable bonds is 3. The van der Waals surface area contributed by atoms with Gasteiger partial charge in [0.2, 0.25) is 15.9 Å². The molecule has 122 valence electrons. The van der Waals surface area contributed by atoms with Crippen LogP contribution in [0.5, 0.6) is 0 Å². The number of hydrogen-bond donors (Lipinski definition) is 1. The van der Waals surface area contributed by atoms with Crippen LogP contribution in [0.15, 0.2) is 29.2 Å². The Morgan fingerprint density at radius 1 is 1.41 bits per heavy atom. The summed E-state index contributed by atoms with van der Waals surface area (Å²) in [6, 6.07) is 5.39. The third-order valence-corrected chi connectivity index (χ3v) is 6.31. The van der Waals surface area contributed by atoms with E-state index in [0.29, 0.717) is 10.8 Å². The van der Waals surface area contributed by atoms with E-state index in [2.05, 4.69) is 5.32 Å². The summed E-state index contributed by atoms with van der Waals surface area (Å²) in [5, 5.41) is 3.19. The Hall–Kier alpha value is -0.760. The van der Waals surface area contributed by atoms with Crippen molar-refractivity contribution in [3.8, 4) is 0 Å². The van der Waals surface area contributed by atoms with Gasteiger partial charge in [-0.25, -0.2) is 8.42 Å². The molecule has 1 aromatic rings. The van der Waals surface area contributed by atoms with Gasteiger partial charge in [0.15, 0.2) is 0 Å². The van der Waals surface area contributed by atoms with Crippen LogP contribution in [-0.2, 0) is 14.8 Å². The molecule has 0 aliphatic carbocycles. The first-order valence-electron chi connectivity index (χ1n) is 6.78. The summed E-state index contributed by atoms with van der Waals surface area (Å²) in [6.45, 7) is 5.59. The van der Waals surface area contributed by atoms with Crippen molar-refractivity contribution in [1.82, 2.24) is 9.62 Å². The lowest BCUT2D eigenvalue weighted by Crippen LogP contribution is -2.52. The molecule has 5 nitrogen and oxygen atoms in total. The standard InChI is InChI=1S/C14H19ClN2O3S2/c1-14(2,3)16-13(18)12-8-21-9-17(12)22(19,20)11-6-4-5-10(15)7-11/h4-7,12H,8-9H2,1-3H3,(H,16,18). The van der Waals surface area contributed by atoms with Crippen LogP contribution < -0.4 is 5.32 Å². The Balaban J connectivity index is 2.28. The van der Waals surface area contributed by atoms with Crippen LogP contribution >= 0.6 is 23.4 Å². The van der Waals surface area contributed by atoms with Crippen molar-refractivity contribution in [2.75, 3.05) is 11.6 Å². The highest BCUT2D eigenvalue weighted by molar-refractivity contribution is 8.00. The molecule has 1 atom stereocenters. The predicted molar refractivity (Wildman–Crippen MR) is 89.5 cm³/mol. The number of nitrogens with zero attached hydrogens (tertiary/aromatic N) is 1. The maximum atomic E-state index is 12.7. The molecule has 1 unspecified atom stereocenters. The Labute approximate surface area is 140 Å². The zero-order valence-corrected chi connectivity index (χ0v) is 15.1. The first kappa shape index (κ1) is 17.6. The van der Waals surface area contributed by atoms with Crippen LogP contribution in [-0.4, -0.2) is 41.8 Å².